The Kier molecular flexibility index (Phi) is 8.86. The Morgan fingerprint density at radius 3 is 2.76 bits per heavy atom. The number of halogens is 1. The van der Waals surface area contributed by atoms with Crippen LogP contribution in [0.2, 0.25) is 0 Å². The molecular formula is C23H37FO5. The highest BCUT2D eigenvalue weighted by atomic mass is 19.1. The largest absolute Gasteiger partial charge is 0.469 e. The number of allylic oxidation sites excluding steroid dienone is 1. The molecule has 6 heteroatoms. The molecule has 1 aliphatic heterocycles. The van der Waals surface area contributed by atoms with Crippen LogP contribution in [0, 0.1) is 17.3 Å². The molecule has 1 aliphatic carbocycles. The van der Waals surface area contributed by atoms with Gasteiger partial charge in [0.2, 0.25) is 0 Å². The molecule has 1 saturated carbocycles. The Morgan fingerprint density at radius 2 is 2.10 bits per heavy atom. The van der Waals surface area contributed by atoms with E-state index >= 15 is 4.39 Å². The van der Waals surface area contributed by atoms with Crippen LogP contribution in [-0.4, -0.2) is 53.9 Å². The van der Waals surface area contributed by atoms with E-state index in [0.717, 1.165) is 19.3 Å². The average Bonchev–Trinajstić information content (AvgIpc) is 3.16. The van der Waals surface area contributed by atoms with Gasteiger partial charge in [-0.05, 0) is 18.3 Å². The normalized spacial score (nSPS) is 33.5. The number of hydrogen-bond donors (Lipinski definition) is 2. The van der Waals surface area contributed by atoms with Gasteiger partial charge in [0.25, 0.3) is 0 Å². The van der Waals surface area contributed by atoms with Crippen LogP contribution in [0.3, 0.4) is 0 Å². The molecule has 0 unspecified atom stereocenters. The molecule has 0 bridgehead atoms. The number of hydrogen-bond acceptors (Lipinski definition) is 5. The quantitative estimate of drug-likeness (QED) is 0.422. The van der Waals surface area contributed by atoms with Crippen molar-refractivity contribution in [1.82, 2.24) is 0 Å². The van der Waals surface area contributed by atoms with Gasteiger partial charge in [0, 0.05) is 24.7 Å². The van der Waals surface area contributed by atoms with E-state index in [2.05, 4.69) is 11.7 Å². The van der Waals surface area contributed by atoms with E-state index < -0.39 is 30.4 Å². The molecule has 29 heavy (non-hydrogen) atoms. The molecule has 166 valence electrons. The fraction of sp³-hybridized carbons (Fsp3) is 0.783. The zero-order valence-electron chi connectivity index (χ0n) is 18.1. The van der Waals surface area contributed by atoms with E-state index in [1.54, 1.807) is 24.3 Å². The number of fused-ring (bicyclic) bond motifs is 1. The summed E-state index contributed by atoms with van der Waals surface area (Å²) in [7, 11) is 1.34. The van der Waals surface area contributed by atoms with Crippen molar-refractivity contribution in [3.8, 4) is 0 Å². The van der Waals surface area contributed by atoms with Gasteiger partial charge in [-0.2, -0.15) is 0 Å². The fourth-order valence-corrected chi connectivity index (χ4v) is 4.33. The molecule has 2 fully saturated rings. The first-order valence-corrected chi connectivity index (χ1v) is 10.8. The third-order valence-corrected chi connectivity index (χ3v) is 6.36. The zero-order chi connectivity index (χ0) is 21.6. The highest BCUT2D eigenvalue weighted by Crippen LogP contribution is 2.46. The van der Waals surface area contributed by atoms with Crippen LogP contribution < -0.4 is 0 Å². The highest BCUT2D eigenvalue weighted by molar-refractivity contribution is 5.69. The Bertz CT molecular complexity index is 588. The topological polar surface area (TPSA) is 76.0 Å². The number of carbonyl (C=O) groups excluding carboxylic acids is 1. The van der Waals surface area contributed by atoms with Crippen molar-refractivity contribution >= 4 is 5.97 Å². The summed E-state index contributed by atoms with van der Waals surface area (Å²) in [5, 5.41) is 21.0. The molecule has 0 radical (unpaired) electrons. The van der Waals surface area contributed by atoms with Crippen molar-refractivity contribution in [2.45, 2.75) is 89.9 Å². The van der Waals surface area contributed by atoms with Gasteiger partial charge in [-0.15, -0.1) is 0 Å². The van der Waals surface area contributed by atoms with Crippen molar-refractivity contribution in [1.29, 1.82) is 0 Å². The van der Waals surface area contributed by atoms with Crippen molar-refractivity contribution in [2.24, 2.45) is 17.3 Å². The number of aliphatic hydroxyl groups excluding tert-OH is 2. The SMILES string of the molecule is CCCCC(C)(C)[C@H](O)/C=C/[C@@H]1[C@H]2[C@H](F)[C@@H](/C=C/CCC(=O)OC)O[C@@H]2C[C@H]1O. The van der Waals surface area contributed by atoms with Gasteiger partial charge in [-0.1, -0.05) is 57.9 Å². The minimum atomic E-state index is -1.23. The van der Waals surface area contributed by atoms with Crippen LogP contribution in [0.1, 0.15) is 59.3 Å². The van der Waals surface area contributed by atoms with Crippen LogP contribution in [0.15, 0.2) is 24.3 Å². The van der Waals surface area contributed by atoms with Crippen LogP contribution in [0.4, 0.5) is 4.39 Å². The first-order chi connectivity index (χ1) is 13.7. The van der Waals surface area contributed by atoms with Crippen LogP contribution in [0.25, 0.3) is 0 Å². The maximum absolute atomic E-state index is 15.1. The lowest BCUT2D eigenvalue weighted by molar-refractivity contribution is -0.140. The molecule has 5 nitrogen and oxygen atoms in total. The van der Waals surface area contributed by atoms with Crippen molar-refractivity contribution in [3.63, 3.8) is 0 Å². The smallest absolute Gasteiger partial charge is 0.305 e. The summed E-state index contributed by atoms with van der Waals surface area (Å²) in [6.07, 6.45) is 7.49. The molecule has 0 spiro atoms. The molecule has 2 N–H and O–H groups in total. The molecule has 2 rings (SSSR count). The summed E-state index contributed by atoms with van der Waals surface area (Å²) in [6, 6.07) is 0. The summed E-state index contributed by atoms with van der Waals surface area (Å²) < 4.78 is 25.5. The number of methoxy groups -OCH3 is 1. The van der Waals surface area contributed by atoms with Gasteiger partial charge < -0.3 is 19.7 Å². The molecule has 0 aromatic heterocycles. The lowest BCUT2D eigenvalue weighted by Gasteiger charge is -2.29. The van der Waals surface area contributed by atoms with Crippen molar-refractivity contribution < 1.29 is 28.9 Å². The summed E-state index contributed by atoms with van der Waals surface area (Å²) in [5.74, 6) is -1.10. The third-order valence-electron chi connectivity index (χ3n) is 6.36. The van der Waals surface area contributed by atoms with Gasteiger partial charge in [-0.25, -0.2) is 4.39 Å². The minimum Gasteiger partial charge on any atom is -0.469 e. The fourth-order valence-electron chi connectivity index (χ4n) is 4.33. The predicted molar refractivity (Wildman–Crippen MR) is 110 cm³/mol. The Hall–Kier alpha value is -1.24. The number of carbonyl (C=O) groups is 1. The highest BCUT2D eigenvalue weighted by Gasteiger charge is 2.54. The second-order valence-electron chi connectivity index (χ2n) is 9.01. The monoisotopic (exact) mass is 412 g/mol. The van der Waals surface area contributed by atoms with E-state index in [1.165, 1.54) is 7.11 Å². The summed E-state index contributed by atoms with van der Waals surface area (Å²) >= 11 is 0. The minimum absolute atomic E-state index is 0.249. The predicted octanol–water partition coefficient (Wildman–Crippen LogP) is 3.73. The second kappa shape index (κ2) is 10.7. The van der Waals surface area contributed by atoms with E-state index in [4.69, 9.17) is 4.74 Å². The van der Waals surface area contributed by atoms with E-state index in [0.29, 0.717) is 12.8 Å². The van der Waals surface area contributed by atoms with Gasteiger partial charge in [0.1, 0.15) is 12.3 Å². The van der Waals surface area contributed by atoms with Crippen LogP contribution in [-0.2, 0) is 14.3 Å². The standard InChI is InChI=1S/C23H37FO5/c1-5-6-13-23(2,3)19(26)12-11-15-16(25)14-18-21(15)22(24)17(29-18)9-7-8-10-20(27)28-4/h7,9,11-12,15-19,21-22,25-26H,5-6,8,10,13-14H2,1-4H3/b9-7+,12-11+/t15-,16+,17+,18+,19+,21+,22+/m0/s1. The van der Waals surface area contributed by atoms with E-state index in [1.807, 2.05) is 13.8 Å². The average molecular weight is 413 g/mol. The molecule has 2 aliphatic rings. The molecular weight excluding hydrogens is 375 g/mol. The van der Waals surface area contributed by atoms with E-state index in [9.17, 15) is 15.0 Å². The maximum atomic E-state index is 15.1. The summed E-state index contributed by atoms with van der Waals surface area (Å²) in [6.45, 7) is 6.17. The Morgan fingerprint density at radius 1 is 1.38 bits per heavy atom. The summed E-state index contributed by atoms with van der Waals surface area (Å²) in [5.41, 5.74) is -0.262. The zero-order valence-corrected chi connectivity index (χ0v) is 18.1. The van der Waals surface area contributed by atoms with Gasteiger partial charge in [0.15, 0.2) is 0 Å². The number of alkyl halides is 1. The van der Waals surface area contributed by atoms with Crippen LogP contribution in [0.5, 0.6) is 0 Å². The molecule has 0 aromatic rings. The second-order valence-corrected chi connectivity index (χ2v) is 9.01. The molecule has 7 atom stereocenters. The number of ether oxygens (including phenoxy) is 2. The van der Waals surface area contributed by atoms with Crippen LogP contribution >= 0.6 is 0 Å². The Labute approximate surface area is 174 Å². The molecule has 1 heterocycles. The molecule has 0 amide bonds. The van der Waals surface area contributed by atoms with Crippen molar-refractivity contribution in [2.75, 3.05) is 7.11 Å². The first kappa shape index (κ1) is 24.0. The molecule has 0 aromatic carbocycles. The lowest BCUT2D eigenvalue weighted by Crippen LogP contribution is -2.30. The van der Waals surface area contributed by atoms with E-state index in [-0.39, 0.29) is 29.8 Å². The first-order valence-electron chi connectivity index (χ1n) is 10.8. The third kappa shape index (κ3) is 6.12. The Balaban J connectivity index is 1.97. The van der Waals surface area contributed by atoms with Gasteiger partial charge >= 0.3 is 5.97 Å². The van der Waals surface area contributed by atoms with Crippen molar-refractivity contribution in [3.05, 3.63) is 24.3 Å². The van der Waals surface area contributed by atoms with Gasteiger partial charge in [-0.3, -0.25) is 4.79 Å². The number of aliphatic hydroxyl groups is 2. The van der Waals surface area contributed by atoms with Gasteiger partial charge in [0.05, 0.1) is 25.4 Å². The summed E-state index contributed by atoms with van der Waals surface area (Å²) in [4.78, 5) is 11.1. The lowest BCUT2D eigenvalue weighted by atomic mass is 9.80. The number of esters is 1. The molecule has 1 saturated heterocycles. The number of unbranched alkanes of at least 4 members (excludes halogenated alkanes) is 1. The number of rotatable bonds is 10. The maximum Gasteiger partial charge on any atom is 0.305 e.